The Kier molecular flexibility index (Phi) is 12.7. The van der Waals surface area contributed by atoms with Gasteiger partial charge in [0.2, 0.25) is 0 Å². The summed E-state index contributed by atoms with van der Waals surface area (Å²) in [7, 11) is 1.81. The van der Waals surface area contributed by atoms with Crippen LogP contribution in [0.4, 0.5) is 0 Å². The summed E-state index contributed by atoms with van der Waals surface area (Å²) in [5, 5.41) is 6.71. The molecule has 1 aliphatic rings. The molecule has 0 atom stereocenters. The number of benzene rings is 1. The Hall–Kier alpha value is -0.860. The lowest BCUT2D eigenvalue weighted by Gasteiger charge is -2.21. The molecule has 0 saturated carbocycles. The number of aliphatic imine (C=N–C) groups is 1. The molecule has 1 aromatic carbocycles. The minimum absolute atomic E-state index is 0. The fraction of sp³-hybridized carbons (Fsp3) is 0.650. The van der Waals surface area contributed by atoms with Crippen molar-refractivity contribution < 1.29 is 9.47 Å². The van der Waals surface area contributed by atoms with E-state index in [-0.39, 0.29) is 24.0 Å². The van der Waals surface area contributed by atoms with Crippen molar-refractivity contribution in [3.05, 3.63) is 35.4 Å². The lowest BCUT2D eigenvalue weighted by atomic mass is 10.0. The van der Waals surface area contributed by atoms with Crippen molar-refractivity contribution >= 4 is 29.9 Å². The summed E-state index contributed by atoms with van der Waals surface area (Å²) in [5.74, 6) is 1.54. The van der Waals surface area contributed by atoms with E-state index in [1.165, 1.54) is 11.1 Å². The average Bonchev–Trinajstić information content (AvgIpc) is 2.64. The standard InChI is InChI=1S/C20H33N3O2.HI/c1-17-5-3-6-18(15-17)7-11-23-20(21-2)22-10-4-12-25-16-19-8-13-24-14-9-19;/h3,5-6,15,19H,4,7-14,16H2,1-2H3,(H2,21,22,23);1H. The van der Waals surface area contributed by atoms with Gasteiger partial charge in [0.1, 0.15) is 0 Å². The summed E-state index contributed by atoms with van der Waals surface area (Å²) in [4.78, 5) is 4.27. The lowest BCUT2D eigenvalue weighted by molar-refractivity contribution is 0.0203. The van der Waals surface area contributed by atoms with Gasteiger partial charge in [0.05, 0.1) is 0 Å². The molecule has 0 aromatic heterocycles. The normalized spacial score (nSPS) is 15.4. The first kappa shape index (κ1) is 23.2. The molecule has 2 N–H and O–H groups in total. The van der Waals surface area contributed by atoms with E-state index in [0.717, 1.165) is 71.2 Å². The minimum Gasteiger partial charge on any atom is -0.381 e. The predicted molar refractivity (Wildman–Crippen MR) is 119 cm³/mol. The van der Waals surface area contributed by atoms with Crippen LogP contribution >= 0.6 is 24.0 Å². The molecule has 0 spiro atoms. The second-order valence-corrected chi connectivity index (χ2v) is 6.65. The Morgan fingerprint density at radius 2 is 2.00 bits per heavy atom. The number of nitrogens with zero attached hydrogens (tertiary/aromatic N) is 1. The molecule has 6 heteroatoms. The third-order valence-corrected chi connectivity index (χ3v) is 4.46. The van der Waals surface area contributed by atoms with Crippen molar-refractivity contribution in [2.45, 2.75) is 32.6 Å². The molecule has 148 valence electrons. The third kappa shape index (κ3) is 9.73. The average molecular weight is 475 g/mol. The maximum absolute atomic E-state index is 5.78. The molecule has 2 rings (SSSR count). The molecule has 26 heavy (non-hydrogen) atoms. The Balaban J connectivity index is 0.00000338. The van der Waals surface area contributed by atoms with Gasteiger partial charge >= 0.3 is 0 Å². The van der Waals surface area contributed by atoms with Crippen LogP contribution in [0.15, 0.2) is 29.3 Å². The summed E-state index contributed by atoms with van der Waals surface area (Å²) in [5.41, 5.74) is 2.66. The van der Waals surface area contributed by atoms with Crippen molar-refractivity contribution in [3.8, 4) is 0 Å². The predicted octanol–water partition coefficient (Wildman–Crippen LogP) is 3.15. The fourth-order valence-electron chi connectivity index (χ4n) is 2.96. The van der Waals surface area contributed by atoms with Gasteiger partial charge in [-0.1, -0.05) is 29.8 Å². The summed E-state index contributed by atoms with van der Waals surface area (Å²) in [6.07, 6.45) is 4.25. The molecule has 0 radical (unpaired) electrons. The molecule has 1 aliphatic heterocycles. The van der Waals surface area contributed by atoms with Crippen molar-refractivity contribution in [3.63, 3.8) is 0 Å². The van der Waals surface area contributed by atoms with Crippen molar-refractivity contribution in [2.75, 3.05) is 46.6 Å². The summed E-state index contributed by atoms with van der Waals surface area (Å²) in [6, 6.07) is 8.63. The minimum atomic E-state index is 0. The van der Waals surface area contributed by atoms with Crippen LogP contribution in [0, 0.1) is 12.8 Å². The number of hydrogen-bond donors (Lipinski definition) is 2. The number of rotatable bonds is 9. The molecular weight excluding hydrogens is 441 g/mol. The zero-order chi connectivity index (χ0) is 17.7. The van der Waals surface area contributed by atoms with Crippen LogP contribution in [0.5, 0.6) is 0 Å². The molecule has 1 fully saturated rings. The van der Waals surface area contributed by atoms with Crippen LogP contribution in [-0.2, 0) is 15.9 Å². The molecule has 0 bridgehead atoms. The fourth-order valence-corrected chi connectivity index (χ4v) is 2.96. The quantitative estimate of drug-likeness (QED) is 0.250. The van der Waals surface area contributed by atoms with Gasteiger partial charge < -0.3 is 20.1 Å². The highest BCUT2D eigenvalue weighted by Gasteiger charge is 2.13. The molecule has 1 aromatic rings. The Morgan fingerprint density at radius 1 is 1.23 bits per heavy atom. The molecule has 1 saturated heterocycles. The smallest absolute Gasteiger partial charge is 0.190 e. The molecule has 0 unspecified atom stereocenters. The molecule has 0 amide bonds. The van der Waals surface area contributed by atoms with Gasteiger partial charge in [-0.05, 0) is 44.1 Å². The van der Waals surface area contributed by atoms with Gasteiger partial charge in [0, 0.05) is 46.6 Å². The largest absolute Gasteiger partial charge is 0.381 e. The van der Waals surface area contributed by atoms with E-state index in [4.69, 9.17) is 9.47 Å². The van der Waals surface area contributed by atoms with E-state index < -0.39 is 0 Å². The van der Waals surface area contributed by atoms with Crippen LogP contribution in [0.2, 0.25) is 0 Å². The van der Waals surface area contributed by atoms with Crippen LogP contribution in [0.25, 0.3) is 0 Å². The Morgan fingerprint density at radius 3 is 2.73 bits per heavy atom. The van der Waals surface area contributed by atoms with E-state index in [1.54, 1.807) is 0 Å². The summed E-state index contributed by atoms with van der Waals surface area (Å²) < 4.78 is 11.1. The number of halogens is 1. The van der Waals surface area contributed by atoms with Crippen molar-refractivity contribution in [2.24, 2.45) is 10.9 Å². The monoisotopic (exact) mass is 475 g/mol. The number of ether oxygens (including phenoxy) is 2. The van der Waals surface area contributed by atoms with E-state index in [1.807, 2.05) is 7.05 Å². The molecular formula is C20H34IN3O2. The maximum atomic E-state index is 5.78. The van der Waals surface area contributed by atoms with Crippen LogP contribution in [-0.4, -0.2) is 52.5 Å². The first-order chi connectivity index (χ1) is 12.3. The van der Waals surface area contributed by atoms with Gasteiger partial charge in [-0.2, -0.15) is 0 Å². The first-order valence-electron chi connectivity index (χ1n) is 9.43. The second kappa shape index (κ2) is 14.2. The van der Waals surface area contributed by atoms with E-state index in [2.05, 4.69) is 46.8 Å². The number of aryl methyl sites for hydroxylation is 1. The van der Waals surface area contributed by atoms with Gasteiger partial charge in [0.15, 0.2) is 5.96 Å². The molecule has 1 heterocycles. The van der Waals surface area contributed by atoms with Gasteiger partial charge in [0.25, 0.3) is 0 Å². The van der Waals surface area contributed by atoms with E-state index in [0.29, 0.717) is 5.92 Å². The third-order valence-electron chi connectivity index (χ3n) is 4.46. The topological polar surface area (TPSA) is 54.9 Å². The zero-order valence-electron chi connectivity index (χ0n) is 16.1. The molecule has 0 aliphatic carbocycles. The highest BCUT2D eigenvalue weighted by atomic mass is 127. The van der Waals surface area contributed by atoms with Gasteiger partial charge in [-0.3, -0.25) is 4.99 Å². The summed E-state index contributed by atoms with van der Waals surface area (Å²) >= 11 is 0. The number of nitrogens with one attached hydrogen (secondary N) is 2. The van der Waals surface area contributed by atoms with Crippen molar-refractivity contribution in [1.82, 2.24) is 10.6 Å². The highest BCUT2D eigenvalue weighted by Crippen LogP contribution is 2.14. The second-order valence-electron chi connectivity index (χ2n) is 6.65. The van der Waals surface area contributed by atoms with Gasteiger partial charge in [-0.15, -0.1) is 24.0 Å². The van der Waals surface area contributed by atoms with Crippen molar-refractivity contribution in [1.29, 1.82) is 0 Å². The van der Waals surface area contributed by atoms with Crippen LogP contribution < -0.4 is 10.6 Å². The van der Waals surface area contributed by atoms with Gasteiger partial charge in [-0.25, -0.2) is 0 Å². The highest BCUT2D eigenvalue weighted by molar-refractivity contribution is 14.0. The Bertz CT molecular complexity index is 520. The Labute approximate surface area is 175 Å². The maximum Gasteiger partial charge on any atom is 0.190 e. The van der Waals surface area contributed by atoms with Crippen LogP contribution in [0.1, 0.15) is 30.4 Å². The SMILES string of the molecule is CN=C(NCCCOCC1CCOCC1)NCCc1cccc(C)c1.I. The summed E-state index contributed by atoms with van der Waals surface area (Å²) in [6.45, 7) is 7.32. The first-order valence-corrected chi connectivity index (χ1v) is 9.43. The van der Waals surface area contributed by atoms with E-state index in [9.17, 15) is 0 Å². The van der Waals surface area contributed by atoms with E-state index >= 15 is 0 Å². The number of guanidine groups is 1. The zero-order valence-corrected chi connectivity index (χ0v) is 18.5. The number of hydrogen-bond acceptors (Lipinski definition) is 3. The van der Waals surface area contributed by atoms with Crippen LogP contribution in [0.3, 0.4) is 0 Å². The molecule has 5 nitrogen and oxygen atoms in total. The lowest BCUT2D eigenvalue weighted by Crippen LogP contribution is -2.39.